The van der Waals surface area contributed by atoms with Crippen LogP contribution in [0.1, 0.15) is 26.3 Å². The molecule has 0 amide bonds. The summed E-state index contributed by atoms with van der Waals surface area (Å²) in [6, 6.07) is 41.2. The topological polar surface area (TPSA) is 35.6 Å². The Morgan fingerprint density at radius 2 is 1.14 bits per heavy atom. The fourth-order valence-corrected chi connectivity index (χ4v) is 6.29. The maximum Gasteiger partial charge on any atom is 0.137 e. The lowest BCUT2D eigenvalue weighted by Crippen LogP contribution is -2.12. The molecule has 0 saturated heterocycles. The highest BCUT2D eigenvalue weighted by atomic mass is 15.1. The molecule has 0 N–H and O–H groups in total. The summed E-state index contributed by atoms with van der Waals surface area (Å²) < 4.78 is 4.70. The Bertz CT molecular complexity index is 2280. The molecule has 0 aliphatic rings. The van der Waals surface area contributed by atoms with E-state index in [1.54, 1.807) is 0 Å². The first-order valence-electron chi connectivity index (χ1n) is 14.4. The summed E-state index contributed by atoms with van der Waals surface area (Å²) in [6.07, 6.45) is 3.79. The SMILES string of the molecule is CC(C)(C)c1ccnc(-n2c3ccccc3c3ccc(-n4c5ccccc5c5ccc(-c6ccccn6)cc54)cc32)c1. The van der Waals surface area contributed by atoms with Crippen LogP contribution in [0.25, 0.3) is 66.4 Å². The minimum Gasteiger partial charge on any atom is -0.309 e. The van der Waals surface area contributed by atoms with Gasteiger partial charge < -0.3 is 4.57 Å². The first-order chi connectivity index (χ1) is 20.5. The van der Waals surface area contributed by atoms with Crippen LogP contribution in [0.3, 0.4) is 0 Å². The fourth-order valence-electron chi connectivity index (χ4n) is 6.29. The average molecular weight is 543 g/mol. The van der Waals surface area contributed by atoms with Crippen molar-refractivity contribution in [2.45, 2.75) is 26.2 Å². The molecule has 4 aromatic carbocycles. The predicted molar refractivity (Wildman–Crippen MR) is 175 cm³/mol. The van der Waals surface area contributed by atoms with E-state index in [0.29, 0.717) is 0 Å². The third-order valence-electron chi connectivity index (χ3n) is 8.39. The molecule has 8 aromatic rings. The number of pyridine rings is 2. The summed E-state index contributed by atoms with van der Waals surface area (Å²) in [6.45, 7) is 6.74. The van der Waals surface area contributed by atoms with Crippen molar-refractivity contribution in [3.05, 3.63) is 133 Å². The number of nitrogens with zero attached hydrogens (tertiary/aromatic N) is 4. The number of fused-ring (bicyclic) bond motifs is 6. The Balaban J connectivity index is 1.43. The number of hydrogen-bond donors (Lipinski definition) is 0. The molecule has 4 heterocycles. The standard InChI is InChI=1S/C38H30N4/c1-38(2,3)26-19-21-40-37(23-26)42-34-14-7-5-11-29(34)31-18-16-27(24-36(31)42)41-33-13-6-4-10-28(33)30-17-15-25(22-35(30)41)32-12-8-9-20-39-32/h4-24H,1-3H3. The van der Waals surface area contributed by atoms with Crippen LogP contribution in [0.5, 0.6) is 0 Å². The summed E-state index contributed by atoms with van der Waals surface area (Å²) >= 11 is 0. The lowest BCUT2D eigenvalue weighted by atomic mass is 9.88. The first-order valence-corrected chi connectivity index (χ1v) is 14.4. The van der Waals surface area contributed by atoms with Gasteiger partial charge in [0, 0.05) is 45.2 Å². The molecular formula is C38H30N4. The van der Waals surface area contributed by atoms with Gasteiger partial charge in [-0.15, -0.1) is 0 Å². The van der Waals surface area contributed by atoms with E-state index in [-0.39, 0.29) is 5.41 Å². The zero-order valence-corrected chi connectivity index (χ0v) is 23.9. The molecular weight excluding hydrogens is 512 g/mol. The van der Waals surface area contributed by atoms with Crippen LogP contribution < -0.4 is 0 Å². The molecule has 0 bridgehead atoms. The van der Waals surface area contributed by atoms with Gasteiger partial charge in [0.05, 0.1) is 27.8 Å². The number of aromatic nitrogens is 4. The van der Waals surface area contributed by atoms with E-state index in [1.807, 2.05) is 24.5 Å². The van der Waals surface area contributed by atoms with Crippen molar-refractivity contribution in [2.75, 3.05) is 0 Å². The molecule has 202 valence electrons. The Kier molecular flexibility index (Phi) is 5.35. The van der Waals surface area contributed by atoms with Crippen LogP contribution in [0.15, 0.2) is 128 Å². The van der Waals surface area contributed by atoms with Gasteiger partial charge >= 0.3 is 0 Å². The lowest BCUT2D eigenvalue weighted by molar-refractivity contribution is 0.588. The van der Waals surface area contributed by atoms with E-state index in [9.17, 15) is 0 Å². The molecule has 42 heavy (non-hydrogen) atoms. The summed E-state index contributed by atoms with van der Waals surface area (Å²) in [7, 11) is 0. The Morgan fingerprint density at radius 3 is 1.86 bits per heavy atom. The lowest BCUT2D eigenvalue weighted by Gasteiger charge is -2.20. The number of rotatable bonds is 3. The second-order valence-corrected chi connectivity index (χ2v) is 12.0. The van der Waals surface area contributed by atoms with Crippen LogP contribution >= 0.6 is 0 Å². The minimum absolute atomic E-state index is 0.0237. The van der Waals surface area contributed by atoms with Gasteiger partial charge in [-0.2, -0.15) is 0 Å². The maximum absolute atomic E-state index is 4.88. The second-order valence-electron chi connectivity index (χ2n) is 12.0. The van der Waals surface area contributed by atoms with Crippen molar-refractivity contribution < 1.29 is 0 Å². The molecule has 0 aliphatic heterocycles. The molecule has 8 rings (SSSR count). The number of hydrogen-bond acceptors (Lipinski definition) is 2. The van der Waals surface area contributed by atoms with Crippen LogP contribution in [-0.4, -0.2) is 19.1 Å². The van der Waals surface area contributed by atoms with Crippen LogP contribution in [0.4, 0.5) is 0 Å². The number of para-hydroxylation sites is 2. The molecule has 0 spiro atoms. The zero-order valence-electron chi connectivity index (χ0n) is 23.9. The van der Waals surface area contributed by atoms with Gasteiger partial charge in [0.25, 0.3) is 0 Å². The van der Waals surface area contributed by atoms with Gasteiger partial charge in [0.1, 0.15) is 5.82 Å². The molecule has 0 fully saturated rings. The van der Waals surface area contributed by atoms with Crippen molar-refractivity contribution in [3.63, 3.8) is 0 Å². The maximum atomic E-state index is 4.88. The largest absolute Gasteiger partial charge is 0.309 e. The predicted octanol–water partition coefficient (Wildman–Crippen LogP) is 9.64. The summed E-state index contributed by atoms with van der Waals surface area (Å²) in [5.74, 6) is 0.936. The van der Waals surface area contributed by atoms with Gasteiger partial charge in [0.2, 0.25) is 0 Å². The van der Waals surface area contributed by atoms with Crippen molar-refractivity contribution in [2.24, 2.45) is 0 Å². The second kappa shape index (κ2) is 9.15. The molecule has 0 atom stereocenters. The molecule has 0 unspecified atom stereocenters. The van der Waals surface area contributed by atoms with Crippen molar-refractivity contribution in [1.29, 1.82) is 0 Å². The van der Waals surface area contributed by atoms with Crippen molar-refractivity contribution in [1.82, 2.24) is 19.1 Å². The van der Waals surface area contributed by atoms with Gasteiger partial charge in [-0.1, -0.05) is 81.4 Å². The van der Waals surface area contributed by atoms with Crippen LogP contribution in [0.2, 0.25) is 0 Å². The van der Waals surface area contributed by atoms with E-state index in [0.717, 1.165) is 39.3 Å². The summed E-state index contributed by atoms with van der Waals surface area (Å²) in [5.41, 5.74) is 9.11. The molecule has 4 nitrogen and oxygen atoms in total. The van der Waals surface area contributed by atoms with E-state index >= 15 is 0 Å². The van der Waals surface area contributed by atoms with Crippen LogP contribution in [-0.2, 0) is 5.41 Å². The van der Waals surface area contributed by atoms with Crippen molar-refractivity contribution in [3.8, 4) is 22.8 Å². The highest BCUT2D eigenvalue weighted by molar-refractivity contribution is 6.12. The Hall–Kier alpha value is -5.22. The third-order valence-corrected chi connectivity index (χ3v) is 8.39. The van der Waals surface area contributed by atoms with Gasteiger partial charge in [-0.05, 0) is 65.6 Å². The summed E-state index contributed by atoms with van der Waals surface area (Å²) in [4.78, 5) is 9.51. The Labute approximate surface area is 244 Å². The van der Waals surface area contributed by atoms with E-state index in [2.05, 4.69) is 138 Å². The first kappa shape index (κ1) is 24.6. The molecule has 4 aromatic heterocycles. The van der Waals surface area contributed by atoms with Crippen LogP contribution in [0, 0.1) is 0 Å². The Morgan fingerprint density at radius 1 is 0.500 bits per heavy atom. The van der Waals surface area contributed by atoms with Gasteiger partial charge in [-0.25, -0.2) is 4.98 Å². The number of benzene rings is 4. The zero-order chi connectivity index (χ0) is 28.4. The molecule has 0 aliphatic carbocycles. The smallest absolute Gasteiger partial charge is 0.137 e. The molecule has 0 saturated carbocycles. The highest BCUT2D eigenvalue weighted by Crippen LogP contribution is 2.38. The van der Waals surface area contributed by atoms with Gasteiger partial charge in [-0.3, -0.25) is 9.55 Å². The van der Waals surface area contributed by atoms with Gasteiger partial charge in [0.15, 0.2) is 0 Å². The minimum atomic E-state index is 0.0237. The highest BCUT2D eigenvalue weighted by Gasteiger charge is 2.19. The van der Waals surface area contributed by atoms with E-state index in [4.69, 9.17) is 4.98 Å². The molecule has 0 radical (unpaired) electrons. The normalized spacial score (nSPS) is 12.2. The monoisotopic (exact) mass is 542 g/mol. The van der Waals surface area contributed by atoms with Crippen molar-refractivity contribution >= 4 is 43.6 Å². The summed E-state index contributed by atoms with van der Waals surface area (Å²) in [5, 5.41) is 4.90. The van der Waals surface area contributed by atoms with E-state index in [1.165, 1.54) is 32.6 Å². The average Bonchev–Trinajstić information content (AvgIpc) is 3.53. The molecule has 4 heteroatoms. The van der Waals surface area contributed by atoms with E-state index < -0.39 is 0 Å². The third kappa shape index (κ3) is 3.76. The quantitative estimate of drug-likeness (QED) is 0.223. The fraction of sp³-hybridized carbons (Fsp3) is 0.105.